The maximum atomic E-state index is 12.9. The molecule has 0 fully saturated rings. The van der Waals surface area contributed by atoms with Crippen LogP contribution in [0.1, 0.15) is 27.8 Å². The lowest BCUT2D eigenvalue weighted by Crippen LogP contribution is -2.40. The number of hydrogen-bond acceptors (Lipinski definition) is 9. The second-order valence-corrected chi connectivity index (χ2v) is 10.1. The van der Waals surface area contributed by atoms with Crippen molar-refractivity contribution >= 4 is 30.8 Å². The summed E-state index contributed by atoms with van der Waals surface area (Å²) in [7, 11) is 0.112. The number of aromatic hydroxyl groups is 1. The van der Waals surface area contributed by atoms with E-state index in [0.29, 0.717) is 17.3 Å². The zero-order valence-electron chi connectivity index (χ0n) is 18.5. The Balaban J connectivity index is 1.91. The molecule has 1 aliphatic rings. The molecule has 0 spiro atoms. The van der Waals surface area contributed by atoms with Crippen molar-refractivity contribution in [1.29, 1.82) is 0 Å². The van der Waals surface area contributed by atoms with E-state index in [0.717, 1.165) is 16.0 Å². The van der Waals surface area contributed by atoms with Crippen LogP contribution in [0, 0.1) is 10.1 Å². The SMILES string of the molecule is COc1cc2c(cc1O)C/C(=N/P(=O)(OC)OC)N(Cc1ccc([N+](=O)[O-])o1)C2c1cccs1. The number of phenols is 1. The molecule has 1 unspecified atom stereocenters. The van der Waals surface area contributed by atoms with Gasteiger partial charge in [0.25, 0.3) is 0 Å². The number of nitro groups is 1. The zero-order valence-corrected chi connectivity index (χ0v) is 20.2. The van der Waals surface area contributed by atoms with E-state index in [1.807, 2.05) is 22.4 Å². The van der Waals surface area contributed by atoms with Crippen molar-refractivity contribution in [3.63, 3.8) is 0 Å². The standard InChI is InChI=1S/C21H22N3O8PS/c1-29-17-11-15-13(9-16(17)25)10-19(22-33(28,30-2)31-3)23(21(15)18-5-4-8-34-18)12-14-6-7-20(32-14)24(26)27/h4-9,11,21,25H,10,12H2,1-3H3/b22-19-. The van der Waals surface area contributed by atoms with Crippen molar-refractivity contribution in [3.8, 4) is 11.5 Å². The second kappa shape index (κ2) is 9.59. The number of hydrogen-bond donors (Lipinski definition) is 1. The summed E-state index contributed by atoms with van der Waals surface area (Å²) in [5.74, 6) is 0.544. The fraction of sp³-hybridized carbons (Fsp3) is 0.286. The quantitative estimate of drug-likeness (QED) is 0.256. The van der Waals surface area contributed by atoms with Gasteiger partial charge in [-0.05, 0) is 40.8 Å². The summed E-state index contributed by atoms with van der Waals surface area (Å²) in [5, 5.41) is 23.4. The number of phenolic OH excluding ortho intramolecular Hbond substituents is 1. The Hall–Kier alpha value is -3.18. The molecule has 1 atom stereocenters. The molecular weight excluding hydrogens is 485 g/mol. The Labute approximate surface area is 198 Å². The number of thiophene rings is 1. The van der Waals surface area contributed by atoms with Crippen molar-refractivity contribution in [3.05, 3.63) is 73.7 Å². The third kappa shape index (κ3) is 4.58. The van der Waals surface area contributed by atoms with Gasteiger partial charge >= 0.3 is 13.6 Å². The maximum absolute atomic E-state index is 12.9. The van der Waals surface area contributed by atoms with E-state index in [1.165, 1.54) is 44.8 Å². The molecule has 2 aromatic heterocycles. The molecule has 0 aliphatic carbocycles. The summed E-state index contributed by atoms with van der Waals surface area (Å²) in [6.07, 6.45) is 0.189. The van der Waals surface area contributed by atoms with Gasteiger partial charge in [-0.3, -0.25) is 19.2 Å². The van der Waals surface area contributed by atoms with Crippen LogP contribution in [0.15, 0.2) is 51.0 Å². The summed E-state index contributed by atoms with van der Waals surface area (Å²) in [5.41, 5.74) is 1.58. The first-order valence-corrected chi connectivity index (χ1v) is 12.4. The number of fused-ring (bicyclic) bond motifs is 1. The van der Waals surface area contributed by atoms with Crippen LogP contribution >= 0.6 is 19.1 Å². The van der Waals surface area contributed by atoms with Crippen molar-refractivity contribution in [2.45, 2.75) is 19.0 Å². The summed E-state index contributed by atoms with van der Waals surface area (Å²) in [4.78, 5) is 13.3. The Bertz CT molecular complexity index is 1270. The van der Waals surface area contributed by atoms with Crippen molar-refractivity contribution in [2.24, 2.45) is 4.76 Å². The molecule has 1 N–H and O–H groups in total. The van der Waals surface area contributed by atoms with Gasteiger partial charge in [0.2, 0.25) is 0 Å². The summed E-state index contributed by atoms with van der Waals surface area (Å²) in [6, 6.07) is 9.52. The van der Waals surface area contributed by atoms with Crippen LogP contribution in [0.2, 0.25) is 0 Å². The molecular formula is C21H22N3O8PS. The van der Waals surface area contributed by atoms with E-state index in [-0.39, 0.29) is 24.6 Å². The highest BCUT2D eigenvalue weighted by Gasteiger charge is 2.37. The lowest BCUT2D eigenvalue weighted by atomic mass is 9.90. The molecule has 4 rings (SSSR count). The van der Waals surface area contributed by atoms with E-state index >= 15 is 0 Å². The van der Waals surface area contributed by atoms with Crippen molar-refractivity contribution in [2.75, 3.05) is 21.3 Å². The van der Waals surface area contributed by atoms with E-state index < -0.39 is 18.7 Å². The molecule has 0 amide bonds. The molecule has 0 radical (unpaired) electrons. The van der Waals surface area contributed by atoms with E-state index in [1.54, 1.807) is 12.1 Å². The molecule has 0 saturated heterocycles. The lowest BCUT2D eigenvalue weighted by Gasteiger charge is -2.39. The number of furan rings is 1. The predicted molar refractivity (Wildman–Crippen MR) is 124 cm³/mol. The van der Waals surface area contributed by atoms with Crippen LogP contribution in [-0.4, -0.2) is 42.1 Å². The number of methoxy groups -OCH3 is 1. The van der Waals surface area contributed by atoms with Crippen molar-refractivity contribution < 1.29 is 32.8 Å². The largest absolute Gasteiger partial charge is 0.504 e. The zero-order chi connectivity index (χ0) is 24.5. The molecule has 180 valence electrons. The lowest BCUT2D eigenvalue weighted by molar-refractivity contribution is -0.402. The van der Waals surface area contributed by atoms with Gasteiger partial charge in [0.05, 0.1) is 25.8 Å². The summed E-state index contributed by atoms with van der Waals surface area (Å²) < 4.78 is 38.1. The van der Waals surface area contributed by atoms with E-state index in [9.17, 15) is 19.8 Å². The first-order chi connectivity index (χ1) is 16.3. The van der Waals surface area contributed by atoms with Crippen LogP contribution in [0.5, 0.6) is 11.5 Å². The molecule has 0 saturated carbocycles. The topological polar surface area (TPSA) is 137 Å². The van der Waals surface area contributed by atoms with Crippen LogP contribution < -0.4 is 4.74 Å². The Morgan fingerprint density at radius 2 is 2.06 bits per heavy atom. The van der Waals surface area contributed by atoms with Gasteiger partial charge in [-0.25, -0.2) is 4.57 Å². The monoisotopic (exact) mass is 507 g/mol. The third-order valence-electron chi connectivity index (χ3n) is 5.39. The van der Waals surface area contributed by atoms with Gasteiger partial charge in [-0.1, -0.05) is 6.07 Å². The normalized spacial score (nSPS) is 17.1. The third-order valence-corrected chi connectivity index (χ3v) is 7.72. The minimum Gasteiger partial charge on any atom is -0.504 e. The van der Waals surface area contributed by atoms with Gasteiger partial charge in [0.15, 0.2) is 11.5 Å². The van der Waals surface area contributed by atoms with E-state index in [2.05, 4.69) is 4.76 Å². The highest BCUT2D eigenvalue weighted by atomic mass is 32.1. The van der Waals surface area contributed by atoms with Crippen LogP contribution in [0.25, 0.3) is 0 Å². The number of ether oxygens (including phenoxy) is 1. The second-order valence-electron chi connectivity index (χ2n) is 7.29. The minimum absolute atomic E-state index is 0.0395. The molecule has 13 heteroatoms. The van der Waals surface area contributed by atoms with E-state index in [4.69, 9.17) is 18.2 Å². The molecule has 3 heterocycles. The fourth-order valence-corrected chi connectivity index (χ4v) is 5.47. The highest BCUT2D eigenvalue weighted by Crippen LogP contribution is 2.51. The smallest absolute Gasteiger partial charge is 0.454 e. The number of nitrogens with zero attached hydrogens (tertiary/aromatic N) is 3. The number of amidine groups is 1. The maximum Gasteiger partial charge on any atom is 0.454 e. The van der Waals surface area contributed by atoms with Gasteiger partial charge in [0.1, 0.15) is 16.5 Å². The number of rotatable bonds is 8. The van der Waals surface area contributed by atoms with Gasteiger partial charge in [0, 0.05) is 25.5 Å². The fourth-order valence-electron chi connectivity index (χ4n) is 3.83. The van der Waals surface area contributed by atoms with Crippen LogP contribution in [0.4, 0.5) is 5.88 Å². The van der Waals surface area contributed by atoms with Crippen LogP contribution in [0.3, 0.4) is 0 Å². The van der Waals surface area contributed by atoms with Gasteiger partial charge in [-0.2, -0.15) is 4.76 Å². The van der Waals surface area contributed by atoms with Gasteiger partial charge < -0.3 is 19.2 Å². The Morgan fingerprint density at radius 3 is 2.65 bits per heavy atom. The first kappa shape index (κ1) is 24.0. The minimum atomic E-state index is -3.82. The molecule has 1 aromatic carbocycles. The molecule has 3 aromatic rings. The summed E-state index contributed by atoms with van der Waals surface area (Å²) >= 11 is 1.50. The molecule has 1 aliphatic heterocycles. The number of benzene rings is 1. The first-order valence-electron chi connectivity index (χ1n) is 10.0. The average Bonchev–Trinajstić information content (AvgIpc) is 3.51. The molecule has 11 nitrogen and oxygen atoms in total. The van der Waals surface area contributed by atoms with Crippen molar-refractivity contribution in [1.82, 2.24) is 4.90 Å². The van der Waals surface area contributed by atoms with Gasteiger partial charge in [-0.15, -0.1) is 11.3 Å². The Morgan fingerprint density at radius 1 is 1.29 bits per heavy atom. The average molecular weight is 507 g/mol. The molecule has 0 bridgehead atoms. The van der Waals surface area contributed by atoms with Crippen LogP contribution in [-0.2, 0) is 26.6 Å². The molecule has 34 heavy (non-hydrogen) atoms. The predicted octanol–water partition coefficient (Wildman–Crippen LogP) is 4.91. The Kier molecular flexibility index (Phi) is 6.76. The highest BCUT2D eigenvalue weighted by molar-refractivity contribution is 7.52. The summed E-state index contributed by atoms with van der Waals surface area (Å²) in [6.45, 7) is 0.0886.